The van der Waals surface area contributed by atoms with E-state index in [9.17, 15) is 22.8 Å². The fourth-order valence-corrected chi connectivity index (χ4v) is 3.59. The van der Waals surface area contributed by atoms with Gasteiger partial charge < -0.3 is 19.3 Å². The van der Waals surface area contributed by atoms with Crippen molar-refractivity contribution < 1.29 is 36.8 Å². The van der Waals surface area contributed by atoms with Crippen LogP contribution in [-0.4, -0.2) is 35.2 Å². The van der Waals surface area contributed by atoms with E-state index in [2.05, 4.69) is 15.5 Å². The first-order valence-corrected chi connectivity index (χ1v) is 10.8. The first-order valence-electron chi connectivity index (χ1n) is 10.8. The molecule has 1 amide bonds. The number of nitrogens with zero attached hydrogens (tertiary/aromatic N) is 2. The molecule has 2 aromatic carbocycles. The Kier molecular flexibility index (Phi) is 6.91. The Morgan fingerprint density at radius 2 is 1.81 bits per heavy atom. The molecule has 36 heavy (non-hydrogen) atoms. The van der Waals surface area contributed by atoms with E-state index in [0.29, 0.717) is 18.0 Å². The maximum Gasteiger partial charge on any atom is 0.417 e. The molecule has 0 aliphatic carbocycles. The lowest BCUT2D eigenvalue weighted by atomic mass is 10.0. The van der Waals surface area contributed by atoms with Crippen LogP contribution in [-0.2, 0) is 15.7 Å². The van der Waals surface area contributed by atoms with Gasteiger partial charge >= 0.3 is 12.1 Å². The number of para-hydroxylation sites is 2. The van der Waals surface area contributed by atoms with Crippen LogP contribution >= 0.6 is 0 Å². The van der Waals surface area contributed by atoms with E-state index < -0.39 is 30.2 Å². The molecule has 2 heterocycles. The van der Waals surface area contributed by atoms with Gasteiger partial charge in [0.15, 0.2) is 6.61 Å². The SMILES string of the molecule is CCOc1ccccc1NC(=O)COC(=O)c1cc(-c2ccccc2C(F)(F)F)nc2onc(C)c12. The highest BCUT2D eigenvalue weighted by atomic mass is 19.4. The van der Waals surface area contributed by atoms with Gasteiger partial charge in [-0.25, -0.2) is 9.78 Å². The number of benzene rings is 2. The van der Waals surface area contributed by atoms with Gasteiger partial charge in [-0.05, 0) is 38.1 Å². The lowest BCUT2D eigenvalue weighted by molar-refractivity contribution is -0.137. The number of aromatic nitrogens is 2. The number of rotatable bonds is 7. The molecule has 4 aromatic rings. The standard InChI is InChI=1S/C25H20F3N3O5/c1-3-34-20-11-7-6-10-18(20)29-21(32)13-35-24(33)16-12-19(30-23-22(16)14(2)31-36-23)15-8-4-5-9-17(15)25(26,27)28/h4-12H,3,13H2,1-2H3,(H,29,32). The number of anilines is 1. The van der Waals surface area contributed by atoms with Crippen LogP contribution in [0.15, 0.2) is 59.1 Å². The van der Waals surface area contributed by atoms with Crippen molar-refractivity contribution in [3.63, 3.8) is 0 Å². The fourth-order valence-electron chi connectivity index (χ4n) is 3.59. The summed E-state index contributed by atoms with van der Waals surface area (Å²) in [5.74, 6) is -1.14. The smallest absolute Gasteiger partial charge is 0.417 e. The van der Waals surface area contributed by atoms with Gasteiger partial charge in [0.2, 0.25) is 0 Å². The molecule has 0 atom stereocenters. The normalized spacial score (nSPS) is 11.4. The maximum atomic E-state index is 13.6. The largest absolute Gasteiger partial charge is 0.492 e. The van der Waals surface area contributed by atoms with Crippen LogP contribution in [0.4, 0.5) is 18.9 Å². The molecule has 8 nitrogen and oxygen atoms in total. The lowest BCUT2D eigenvalue weighted by Crippen LogP contribution is -2.21. The Balaban J connectivity index is 1.61. The van der Waals surface area contributed by atoms with Gasteiger partial charge in [-0.3, -0.25) is 4.79 Å². The molecule has 0 saturated carbocycles. The number of fused-ring (bicyclic) bond motifs is 1. The minimum absolute atomic E-state index is 0.131. The third kappa shape index (κ3) is 5.14. The Labute approximate surface area is 203 Å². The number of hydrogen-bond acceptors (Lipinski definition) is 7. The average Bonchev–Trinajstić information content (AvgIpc) is 3.23. The van der Waals surface area contributed by atoms with Crippen molar-refractivity contribution in [3.05, 3.63) is 71.4 Å². The van der Waals surface area contributed by atoms with Gasteiger partial charge in [0.05, 0.1) is 40.2 Å². The summed E-state index contributed by atoms with van der Waals surface area (Å²) >= 11 is 0. The summed E-state index contributed by atoms with van der Waals surface area (Å²) in [4.78, 5) is 29.5. The van der Waals surface area contributed by atoms with E-state index in [1.54, 1.807) is 38.1 Å². The molecule has 0 radical (unpaired) electrons. The van der Waals surface area contributed by atoms with Crippen LogP contribution in [0.25, 0.3) is 22.4 Å². The Bertz CT molecular complexity index is 1430. The van der Waals surface area contributed by atoms with Gasteiger partial charge in [0.25, 0.3) is 11.6 Å². The van der Waals surface area contributed by atoms with Gasteiger partial charge in [0, 0.05) is 5.56 Å². The van der Waals surface area contributed by atoms with Crippen LogP contribution in [0, 0.1) is 6.92 Å². The number of aryl methyl sites for hydroxylation is 1. The van der Waals surface area contributed by atoms with E-state index in [0.717, 1.165) is 6.07 Å². The summed E-state index contributed by atoms with van der Waals surface area (Å²) in [6, 6.07) is 12.7. The van der Waals surface area contributed by atoms with Crippen molar-refractivity contribution in [3.8, 4) is 17.0 Å². The van der Waals surface area contributed by atoms with Gasteiger partial charge in [-0.1, -0.05) is 35.5 Å². The van der Waals surface area contributed by atoms with E-state index in [1.807, 2.05) is 0 Å². The summed E-state index contributed by atoms with van der Waals surface area (Å²) in [5, 5.41) is 6.54. The molecule has 2 aromatic heterocycles. The quantitative estimate of drug-likeness (QED) is 0.339. The summed E-state index contributed by atoms with van der Waals surface area (Å²) < 4.78 is 56.4. The third-order valence-corrected chi connectivity index (χ3v) is 5.14. The Hall–Kier alpha value is -4.41. The van der Waals surface area contributed by atoms with Gasteiger partial charge in [-0.2, -0.15) is 13.2 Å². The highest BCUT2D eigenvalue weighted by molar-refractivity contribution is 6.05. The molecular weight excluding hydrogens is 479 g/mol. The second kappa shape index (κ2) is 10.1. The van der Waals surface area contributed by atoms with E-state index >= 15 is 0 Å². The van der Waals surface area contributed by atoms with Crippen molar-refractivity contribution in [1.29, 1.82) is 0 Å². The monoisotopic (exact) mass is 499 g/mol. The van der Waals surface area contributed by atoms with Crippen LogP contribution in [0.2, 0.25) is 0 Å². The topological polar surface area (TPSA) is 104 Å². The molecule has 0 fully saturated rings. The predicted octanol–water partition coefficient (Wildman–Crippen LogP) is 5.41. The van der Waals surface area contributed by atoms with Crippen LogP contribution in [0.1, 0.15) is 28.5 Å². The Morgan fingerprint density at radius 1 is 1.08 bits per heavy atom. The van der Waals surface area contributed by atoms with Gasteiger partial charge in [-0.15, -0.1) is 0 Å². The van der Waals surface area contributed by atoms with E-state index in [1.165, 1.54) is 24.3 Å². The zero-order chi connectivity index (χ0) is 25.9. The number of esters is 1. The first-order chi connectivity index (χ1) is 17.2. The van der Waals surface area contributed by atoms with Crippen molar-refractivity contribution in [2.75, 3.05) is 18.5 Å². The molecule has 0 saturated heterocycles. The molecule has 4 rings (SSSR count). The number of carbonyl (C=O) groups is 2. The molecule has 186 valence electrons. The van der Waals surface area contributed by atoms with Crippen molar-refractivity contribution in [1.82, 2.24) is 10.1 Å². The number of amides is 1. The average molecular weight is 499 g/mol. The molecule has 0 aliphatic heterocycles. The molecule has 1 N–H and O–H groups in total. The van der Waals surface area contributed by atoms with Crippen molar-refractivity contribution in [2.45, 2.75) is 20.0 Å². The summed E-state index contributed by atoms with van der Waals surface area (Å²) in [5.41, 5.74) is -0.922. The second-order valence-corrected chi connectivity index (χ2v) is 7.60. The zero-order valence-corrected chi connectivity index (χ0v) is 19.2. The third-order valence-electron chi connectivity index (χ3n) is 5.14. The number of alkyl halides is 3. The number of ether oxygens (including phenoxy) is 2. The first kappa shape index (κ1) is 24.7. The van der Waals surface area contributed by atoms with Crippen LogP contribution in [0.3, 0.4) is 0 Å². The van der Waals surface area contributed by atoms with Gasteiger partial charge in [0.1, 0.15) is 5.75 Å². The summed E-state index contributed by atoms with van der Waals surface area (Å²) in [6.07, 6.45) is -4.65. The number of halogens is 3. The minimum atomic E-state index is -4.65. The highest BCUT2D eigenvalue weighted by Gasteiger charge is 2.34. The minimum Gasteiger partial charge on any atom is -0.492 e. The summed E-state index contributed by atoms with van der Waals surface area (Å²) in [7, 11) is 0. The zero-order valence-electron chi connectivity index (χ0n) is 19.2. The molecular formula is C25H20F3N3O5. The maximum absolute atomic E-state index is 13.6. The number of carbonyl (C=O) groups excluding carboxylic acids is 2. The highest BCUT2D eigenvalue weighted by Crippen LogP contribution is 2.37. The van der Waals surface area contributed by atoms with E-state index in [4.69, 9.17) is 14.0 Å². The summed E-state index contributed by atoms with van der Waals surface area (Å²) in [6.45, 7) is 3.08. The van der Waals surface area contributed by atoms with Crippen molar-refractivity contribution >= 4 is 28.7 Å². The number of hydrogen-bond donors (Lipinski definition) is 1. The number of pyridine rings is 1. The molecule has 0 bridgehead atoms. The lowest BCUT2D eigenvalue weighted by Gasteiger charge is -2.13. The molecule has 0 spiro atoms. The number of nitrogens with one attached hydrogen (secondary N) is 1. The molecule has 0 unspecified atom stereocenters. The molecule has 0 aliphatic rings. The van der Waals surface area contributed by atoms with Crippen LogP contribution in [0.5, 0.6) is 5.75 Å². The van der Waals surface area contributed by atoms with Crippen LogP contribution < -0.4 is 10.1 Å². The predicted molar refractivity (Wildman–Crippen MR) is 124 cm³/mol. The fraction of sp³-hybridized carbons (Fsp3) is 0.200. The van der Waals surface area contributed by atoms with Crippen molar-refractivity contribution in [2.24, 2.45) is 0 Å². The Morgan fingerprint density at radius 3 is 2.56 bits per heavy atom. The molecule has 11 heteroatoms. The second-order valence-electron chi connectivity index (χ2n) is 7.60. The van der Waals surface area contributed by atoms with E-state index in [-0.39, 0.29) is 33.6 Å².